The van der Waals surface area contributed by atoms with Gasteiger partial charge in [-0.2, -0.15) is 0 Å². The van der Waals surface area contributed by atoms with Gasteiger partial charge in [0.15, 0.2) is 0 Å². The van der Waals surface area contributed by atoms with Crippen LogP contribution in [0.25, 0.3) is 0 Å². The summed E-state index contributed by atoms with van der Waals surface area (Å²) in [5.74, 6) is 0.209. The Labute approximate surface area is 119 Å². The van der Waals surface area contributed by atoms with Crippen molar-refractivity contribution in [3.05, 3.63) is 35.4 Å². The molecule has 1 heterocycles. The van der Waals surface area contributed by atoms with Gasteiger partial charge in [0.2, 0.25) is 5.91 Å². The van der Waals surface area contributed by atoms with Gasteiger partial charge in [0.25, 0.3) is 0 Å². The summed E-state index contributed by atoms with van der Waals surface area (Å²) in [6.45, 7) is 1.70. The lowest BCUT2D eigenvalue weighted by Gasteiger charge is -2.28. The van der Waals surface area contributed by atoms with E-state index in [0.29, 0.717) is 6.54 Å². The minimum absolute atomic E-state index is 0.0926. The van der Waals surface area contributed by atoms with Crippen LogP contribution >= 0.6 is 0 Å². The molecule has 1 aromatic carbocycles. The number of benzene rings is 1. The molecule has 1 aromatic rings. The summed E-state index contributed by atoms with van der Waals surface area (Å²) in [6, 6.07) is 8.28. The van der Waals surface area contributed by atoms with Gasteiger partial charge in [-0.05, 0) is 24.0 Å². The van der Waals surface area contributed by atoms with Crippen molar-refractivity contribution in [2.75, 3.05) is 13.2 Å². The van der Waals surface area contributed by atoms with Crippen molar-refractivity contribution in [2.24, 2.45) is 5.92 Å². The van der Waals surface area contributed by atoms with E-state index in [1.165, 1.54) is 5.56 Å². The number of hydrogen-bond acceptors (Lipinski definition) is 3. The first-order chi connectivity index (χ1) is 9.79. The number of rotatable bonds is 3. The predicted octanol–water partition coefficient (Wildman–Crippen LogP) is 1.15. The average molecular weight is 274 g/mol. The highest BCUT2D eigenvalue weighted by Crippen LogP contribution is 2.28. The van der Waals surface area contributed by atoms with Gasteiger partial charge in [-0.3, -0.25) is 4.79 Å². The van der Waals surface area contributed by atoms with Gasteiger partial charge in [-0.15, -0.1) is 0 Å². The molecule has 3 atom stereocenters. The fourth-order valence-corrected chi connectivity index (χ4v) is 3.46. The lowest BCUT2D eigenvalue weighted by molar-refractivity contribution is -0.123. The molecule has 3 N–H and O–H groups in total. The molecule has 4 heteroatoms. The van der Waals surface area contributed by atoms with Crippen LogP contribution in [0.5, 0.6) is 0 Å². The third-order valence-electron chi connectivity index (χ3n) is 4.63. The van der Waals surface area contributed by atoms with Crippen LogP contribution in [0.1, 0.15) is 36.3 Å². The van der Waals surface area contributed by atoms with Gasteiger partial charge in [-0.1, -0.05) is 30.7 Å². The first-order valence-corrected chi connectivity index (χ1v) is 7.49. The first-order valence-electron chi connectivity index (χ1n) is 7.49. The number of aliphatic hydroxyl groups is 1. The number of aliphatic hydroxyl groups excluding tert-OH is 1. The fraction of sp³-hybridized carbons (Fsp3) is 0.562. The van der Waals surface area contributed by atoms with Gasteiger partial charge in [-0.25, -0.2) is 0 Å². The van der Waals surface area contributed by atoms with Gasteiger partial charge in [0.1, 0.15) is 0 Å². The second-order valence-electron chi connectivity index (χ2n) is 5.87. The highest BCUT2D eigenvalue weighted by molar-refractivity contribution is 5.85. The van der Waals surface area contributed by atoms with Gasteiger partial charge in [0.05, 0.1) is 5.92 Å². The Morgan fingerprint density at radius 1 is 1.35 bits per heavy atom. The first kappa shape index (κ1) is 13.6. The van der Waals surface area contributed by atoms with Crippen molar-refractivity contribution >= 4 is 5.91 Å². The zero-order valence-electron chi connectivity index (χ0n) is 11.6. The monoisotopic (exact) mass is 274 g/mol. The molecule has 2 aliphatic rings. The molecule has 1 amide bonds. The van der Waals surface area contributed by atoms with Crippen molar-refractivity contribution in [3.8, 4) is 0 Å². The van der Waals surface area contributed by atoms with E-state index in [2.05, 4.69) is 22.8 Å². The van der Waals surface area contributed by atoms with Crippen molar-refractivity contribution in [1.82, 2.24) is 10.6 Å². The minimum atomic E-state index is -0.111. The van der Waals surface area contributed by atoms with E-state index in [4.69, 9.17) is 0 Å². The number of nitrogens with one attached hydrogen (secondary N) is 2. The van der Waals surface area contributed by atoms with Crippen LogP contribution in [-0.2, 0) is 11.3 Å². The molecule has 0 aromatic heterocycles. The van der Waals surface area contributed by atoms with Crippen LogP contribution in [0.15, 0.2) is 24.3 Å². The molecule has 1 saturated carbocycles. The molecule has 108 valence electrons. The minimum Gasteiger partial charge on any atom is -0.396 e. The number of carbonyl (C=O) groups excluding carboxylic acids is 1. The Hall–Kier alpha value is -1.39. The molecule has 4 nitrogen and oxygen atoms in total. The van der Waals surface area contributed by atoms with E-state index in [0.717, 1.165) is 31.4 Å². The summed E-state index contributed by atoms with van der Waals surface area (Å²) in [7, 11) is 0. The van der Waals surface area contributed by atoms with Crippen LogP contribution in [-0.4, -0.2) is 30.2 Å². The zero-order valence-corrected chi connectivity index (χ0v) is 11.6. The van der Waals surface area contributed by atoms with Crippen LogP contribution in [0.3, 0.4) is 0 Å². The number of carbonyl (C=O) groups is 1. The van der Waals surface area contributed by atoms with E-state index in [9.17, 15) is 9.90 Å². The third kappa shape index (κ3) is 2.58. The van der Waals surface area contributed by atoms with Crippen molar-refractivity contribution in [3.63, 3.8) is 0 Å². The maximum absolute atomic E-state index is 12.5. The third-order valence-corrected chi connectivity index (χ3v) is 4.63. The summed E-state index contributed by atoms with van der Waals surface area (Å²) in [6.07, 6.45) is 3.09. The molecular weight excluding hydrogens is 252 g/mol. The standard InChI is InChI=1S/C16H22N2O2/c19-10-12-5-3-7-15(12)18-16(20)14-9-17-8-11-4-1-2-6-13(11)14/h1-2,4,6,12,14-15,17,19H,3,5,7-10H2,(H,18,20). The van der Waals surface area contributed by atoms with Crippen LogP contribution in [0, 0.1) is 5.92 Å². The normalized spacial score (nSPS) is 28.9. The molecule has 0 saturated heterocycles. The van der Waals surface area contributed by atoms with E-state index in [1.54, 1.807) is 0 Å². The van der Waals surface area contributed by atoms with E-state index in [1.807, 2.05) is 12.1 Å². The van der Waals surface area contributed by atoms with Gasteiger partial charge < -0.3 is 15.7 Å². The molecular formula is C16H22N2O2. The molecule has 1 fully saturated rings. The SMILES string of the molecule is O=C(NC1CCCC1CO)C1CNCc2ccccc21. The summed E-state index contributed by atoms with van der Waals surface area (Å²) in [5.41, 5.74) is 2.35. The number of fused-ring (bicyclic) bond motifs is 1. The lowest BCUT2D eigenvalue weighted by atomic mass is 9.89. The van der Waals surface area contributed by atoms with Gasteiger partial charge >= 0.3 is 0 Å². The summed E-state index contributed by atoms with van der Waals surface area (Å²) < 4.78 is 0. The molecule has 3 rings (SSSR count). The summed E-state index contributed by atoms with van der Waals surface area (Å²) in [5, 5.41) is 15.8. The Bertz CT molecular complexity index is 489. The quantitative estimate of drug-likeness (QED) is 0.775. The van der Waals surface area contributed by atoms with E-state index < -0.39 is 0 Å². The average Bonchev–Trinajstić information content (AvgIpc) is 2.93. The summed E-state index contributed by atoms with van der Waals surface area (Å²) >= 11 is 0. The molecule has 1 aliphatic carbocycles. The van der Waals surface area contributed by atoms with Crippen LogP contribution in [0.2, 0.25) is 0 Å². The Kier molecular flexibility index (Phi) is 4.03. The Morgan fingerprint density at radius 3 is 3.05 bits per heavy atom. The second kappa shape index (κ2) is 5.94. The van der Waals surface area contributed by atoms with Crippen molar-refractivity contribution in [2.45, 2.75) is 37.8 Å². The summed E-state index contributed by atoms with van der Waals surface area (Å²) in [4.78, 5) is 12.5. The van der Waals surface area contributed by atoms with E-state index >= 15 is 0 Å². The maximum Gasteiger partial charge on any atom is 0.229 e. The second-order valence-corrected chi connectivity index (χ2v) is 5.87. The van der Waals surface area contributed by atoms with Crippen LogP contribution < -0.4 is 10.6 Å². The van der Waals surface area contributed by atoms with Crippen molar-refractivity contribution < 1.29 is 9.90 Å². The highest BCUT2D eigenvalue weighted by Gasteiger charge is 2.32. The lowest BCUT2D eigenvalue weighted by Crippen LogP contribution is -2.44. The van der Waals surface area contributed by atoms with Gasteiger partial charge in [0, 0.05) is 31.7 Å². The fourth-order valence-electron chi connectivity index (χ4n) is 3.46. The van der Waals surface area contributed by atoms with Crippen molar-refractivity contribution in [1.29, 1.82) is 0 Å². The molecule has 0 spiro atoms. The zero-order chi connectivity index (χ0) is 13.9. The number of hydrogen-bond donors (Lipinski definition) is 3. The molecule has 3 unspecified atom stereocenters. The molecule has 1 aliphatic heterocycles. The Morgan fingerprint density at radius 2 is 2.20 bits per heavy atom. The smallest absolute Gasteiger partial charge is 0.229 e. The highest BCUT2D eigenvalue weighted by atomic mass is 16.3. The van der Waals surface area contributed by atoms with Crippen LogP contribution in [0.4, 0.5) is 0 Å². The topological polar surface area (TPSA) is 61.4 Å². The largest absolute Gasteiger partial charge is 0.396 e. The number of amides is 1. The van der Waals surface area contributed by atoms with E-state index in [-0.39, 0.29) is 30.4 Å². The predicted molar refractivity (Wildman–Crippen MR) is 77.2 cm³/mol. The Balaban J connectivity index is 1.72. The molecule has 0 bridgehead atoms. The maximum atomic E-state index is 12.5. The molecule has 20 heavy (non-hydrogen) atoms. The molecule has 0 radical (unpaired) electrons.